The Balaban J connectivity index is 0.916. The molecule has 12 aromatic carbocycles. The third-order valence-electron chi connectivity index (χ3n) is 15.3. The first-order chi connectivity index (χ1) is 35.0. The molecule has 0 radical (unpaired) electrons. The highest BCUT2D eigenvalue weighted by atomic mass is 15.1. The molecule has 0 saturated heterocycles. The van der Waals surface area contributed by atoms with Crippen molar-refractivity contribution in [3.8, 4) is 50.2 Å². The van der Waals surface area contributed by atoms with Crippen molar-refractivity contribution < 1.29 is 0 Å². The molecule has 0 N–H and O–H groups in total. The molecule has 0 saturated carbocycles. The molecule has 0 bridgehead atoms. The molecule has 13 aromatic rings. The average Bonchev–Trinajstić information content (AvgIpc) is 3.87. The van der Waals surface area contributed by atoms with Gasteiger partial charge in [0.05, 0.1) is 11.0 Å². The predicted octanol–water partition coefficient (Wildman–Crippen LogP) is 19.0. The van der Waals surface area contributed by atoms with Gasteiger partial charge in [0, 0.05) is 38.9 Å². The van der Waals surface area contributed by atoms with Gasteiger partial charge in [0.2, 0.25) is 0 Å². The van der Waals surface area contributed by atoms with Gasteiger partial charge in [-0.2, -0.15) is 0 Å². The predicted molar refractivity (Wildman–Crippen MR) is 302 cm³/mol. The molecule has 2 heteroatoms. The average molecular weight is 905 g/mol. The lowest BCUT2D eigenvalue weighted by Gasteiger charge is -2.28. The Labute approximate surface area is 414 Å². The molecule has 1 aliphatic rings. The number of benzene rings is 12. The fourth-order valence-corrected chi connectivity index (χ4v) is 11.9. The second-order valence-electron chi connectivity index (χ2n) is 19.7. The van der Waals surface area contributed by atoms with Gasteiger partial charge in [-0.25, -0.2) is 0 Å². The van der Waals surface area contributed by atoms with Crippen LogP contribution >= 0.6 is 0 Å². The summed E-state index contributed by atoms with van der Waals surface area (Å²) in [5.41, 5.74) is 19.3. The molecule has 1 aromatic heterocycles. The van der Waals surface area contributed by atoms with Crippen LogP contribution < -0.4 is 4.90 Å². The summed E-state index contributed by atoms with van der Waals surface area (Å²) >= 11 is 0. The zero-order valence-electron chi connectivity index (χ0n) is 39.6. The van der Waals surface area contributed by atoms with Crippen LogP contribution in [0.25, 0.3) is 104 Å². The van der Waals surface area contributed by atoms with Gasteiger partial charge >= 0.3 is 0 Å². The maximum atomic E-state index is 2.49. The van der Waals surface area contributed by atoms with E-state index in [0.29, 0.717) is 0 Å². The van der Waals surface area contributed by atoms with Crippen molar-refractivity contribution in [2.24, 2.45) is 0 Å². The molecule has 1 heterocycles. The van der Waals surface area contributed by atoms with Crippen molar-refractivity contribution in [3.05, 3.63) is 266 Å². The van der Waals surface area contributed by atoms with Crippen LogP contribution in [0.5, 0.6) is 0 Å². The highest BCUT2D eigenvalue weighted by Gasteiger charge is 2.37. The molecule has 334 valence electrons. The Morgan fingerprint density at radius 3 is 1.51 bits per heavy atom. The van der Waals surface area contributed by atoms with Crippen molar-refractivity contribution in [3.63, 3.8) is 0 Å². The summed E-state index contributed by atoms with van der Waals surface area (Å²) in [6, 6.07) is 94.2. The fraction of sp³-hybridized carbons (Fsp3) is 0.0435. The maximum absolute atomic E-state index is 2.49. The van der Waals surface area contributed by atoms with Crippen LogP contribution in [0.15, 0.2) is 255 Å². The number of hydrogen-bond donors (Lipinski definition) is 0. The second-order valence-corrected chi connectivity index (χ2v) is 19.7. The van der Waals surface area contributed by atoms with E-state index in [9.17, 15) is 0 Å². The normalized spacial score (nSPS) is 12.8. The lowest BCUT2D eigenvalue weighted by molar-refractivity contribution is 0.660. The van der Waals surface area contributed by atoms with Gasteiger partial charge in [-0.15, -0.1) is 0 Å². The number of fused-ring (bicyclic) bond motifs is 9. The maximum Gasteiger partial charge on any atom is 0.0542 e. The molecule has 1 aliphatic carbocycles. The van der Waals surface area contributed by atoms with Crippen molar-refractivity contribution in [1.29, 1.82) is 0 Å². The molecule has 0 atom stereocenters. The summed E-state index contributed by atoms with van der Waals surface area (Å²) in [6.45, 7) is 4.82. The zero-order valence-corrected chi connectivity index (χ0v) is 39.6. The van der Waals surface area contributed by atoms with Crippen LogP contribution in [0.1, 0.15) is 25.0 Å². The number of aromatic nitrogens is 1. The van der Waals surface area contributed by atoms with E-state index in [1.165, 1.54) is 110 Å². The van der Waals surface area contributed by atoms with E-state index in [-0.39, 0.29) is 5.41 Å². The van der Waals surface area contributed by atoms with E-state index in [1.807, 2.05) is 0 Å². The second kappa shape index (κ2) is 16.1. The number of hydrogen-bond acceptors (Lipinski definition) is 1. The van der Waals surface area contributed by atoms with E-state index in [4.69, 9.17) is 0 Å². The fourth-order valence-electron chi connectivity index (χ4n) is 11.9. The van der Waals surface area contributed by atoms with Gasteiger partial charge in [-0.3, -0.25) is 0 Å². The number of para-hydroxylation sites is 2. The van der Waals surface area contributed by atoms with Crippen molar-refractivity contribution in [1.82, 2.24) is 4.57 Å². The molecule has 0 amide bonds. The summed E-state index contributed by atoms with van der Waals surface area (Å²) in [5.74, 6) is 0. The van der Waals surface area contributed by atoms with Crippen molar-refractivity contribution in [2.45, 2.75) is 19.3 Å². The molecular weight excluding hydrogens is 857 g/mol. The SMILES string of the molecule is CC1(C)c2cc(-c3c4ccccc4c(-c4ccccc4)c4ccccc34)ccc2-c2ccc(N(c3ccc(-c4ccc5ccccc5c4)cc3)c3ccc4c(c3)c3ccccc3n4-c3ccccc3)cc21. The zero-order chi connectivity index (χ0) is 47.2. The summed E-state index contributed by atoms with van der Waals surface area (Å²) in [4.78, 5) is 2.45. The third kappa shape index (κ3) is 6.49. The minimum Gasteiger partial charge on any atom is -0.310 e. The summed E-state index contributed by atoms with van der Waals surface area (Å²) in [6.07, 6.45) is 0. The van der Waals surface area contributed by atoms with Crippen LogP contribution in [-0.4, -0.2) is 4.57 Å². The summed E-state index contributed by atoms with van der Waals surface area (Å²) < 4.78 is 2.39. The standard InChI is InChI=1S/C69H48N2/c1-69(2)63-42-50(68-60-26-13-11-24-58(60)67(47-18-5-3-6-19-47)59-25-12-14-27-61(59)68)33-38-55(63)56-39-36-54(44-64(56)69)70(52-34-31-46(32-35-52)49-30-29-45-17-9-10-20-48(45)41-49)53-37-40-66-62(43-53)57-23-15-16-28-65(57)71(66)51-21-7-4-8-22-51/h3-44H,1-2H3. The molecule has 0 unspecified atom stereocenters. The Morgan fingerprint density at radius 2 is 0.803 bits per heavy atom. The van der Waals surface area contributed by atoms with Gasteiger partial charge in [0.25, 0.3) is 0 Å². The van der Waals surface area contributed by atoms with E-state index < -0.39 is 0 Å². The monoisotopic (exact) mass is 904 g/mol. The minimum absolute atomic E-state index is 0.273. The van der Waals surface area contributed by atoms with Crippen molar-refractivity contribution >= 4 is 71.2 Å². The van der Waals surface area contributed by atoms with Crippen LogP contribution in [0.2, 0.25) is 0 Å². The Morgan fingerprint density at radius 1 is 0.310 bits per heavy atom. The summed E-state index contributed by atoms with van der Waals surface area (Å²) in [5, 5.41) is 10.0. The molecule has 0 aliphatic heterocycles. The Hall–Kier alpha value is -8.98. The highest BCUT2D eigenvalue weighted by Crippen LogP contribution is 2.53. The Bertz CT molecular complexity index is 4180. The smallest absolute Gasteiger partial charge is 0.0542 e. The first-order valence-electron chi connectivity index (χ1n) is 24.7. The summed E-state index contributed by atoms with van der Waals surface area (Å²) in [7, 11) is 0. The van der Waals surface area contributed by atoms with Gasteiger partial charge < -0.3 is 9.47 Å². The molecule has 0 spiro atoms. The van der Waals surface area contributed by atoms with Gasteiger partial charge in [0.1, 0.15) is 0 Å². The molecule has 14 rings (SSSR count). The first-order valence-corrected chi connectivity index (χ1v) is 24.7. The van der Waals surface area contributed by atoms with Crippen LogP contribution in [0, 0.1) is 0 Å². The number of anilines is 3. The van der Waals surface area contributed by atoms with E-state index in [0.717, 1.165) is 22.7 Å². The quantitative estimate of drug-likeness (QED) is 0.145. The van der Waals surface area contributed by atoms with Gasteiger partial charge in [-0.05, 0) is 161 Å². The molecule has 71 heavy (non-hydrogen) atoms. The minimum atomic E-state index is -0.273. The van der Waals surface area contributed by atoms with Crippen LogP contribution in [0.4, 0.5) is 17.1 Å². The first kappa shape index (κ1) is 41.0. The van der Waals surface area contributed by atoms with Gasteiger partial charge in [0.15, 0.2) is 0 Å². The molecule has 0 fully saturated rings. The number of rotatable bonds is 7. The van der Waals surface area contributed by atoms with E-state index >= 15 is 0 Å². The van der Waals surface area contributed by atoms with Crippen LogP contribution in [0.3, 0.4) is 0 Å². The lowest BCUT2D eigenvalue weighted by Crippen LogP contribution is -2.16. The largest absolute Gasteiger partial charge is 0.310 e. The van der Waals surface area contributed by atoms with Gasteiger partial charge in [-0.1, -0.05) is 196 Å². The van der Waals surface area contributed by atoms with E-state index in [2.05, 4.69) is 278 Å². The molecular formula is C69H48N2. The van der Waals surface area contributed by atoms with E-state index in [1.54, 1.807) is 0 Å². The number of nitrogens with zero attached hydrogens (tertiary/aromatic N) is 2. The van der Waals surface area contributed by atoms with Crippen LogP contribution in [-0.2, 0) is 5.41 Å². The van der Waals surface area contributed by atoms with Crippen molar-refractivity contribution in [2.75, 3.05) is 4.90 Å². The highest BCUT2D eigenvalue weighted by molar-refractivity contribution is 6.21. The third-order valence-corrected chi connectivity index (χ3v) is 15.3. The molecule has 2 nitrogen and oxygen atoms in total. The topological polar surface area (TPSA) is 8.17 Å². The Kier molecular flexibility index (Phi) is 9.28. The lowest BCUT2D eigenvalue weighted by atomic mass is 9.80.